The third-order valence-corrected chi connectivity index (χ3v) is 8.14. The largest absolute Gasteiger partial charge is 0.444 e. The molecule has 4 rings (SSSR count). The number of amides is 2. The first-order valence-electron chi connectivity index (χ1n) is 13.4. The second-order valence-electron chi connectivity index (χ2n) is 11.3. The highest BCUT2D eigenvalue weighted by atomic mass is 32.2. The third kappa shape index (κ3) is 6.77. The molecule has 2 aromatic heterocycles. The van der Waals surface area contributed by atoms with Crippen molar-refractivity contribution in [3.8, 4) is 11.1 Å². The highest BCUT2D eigenvalue weighted by Crippen LogP contribution is 2.31. The summed E-state index contributed by atoms with van der Waals surface area (Å²) in [7, 11) is -2.24. The van der Waals surface area contributed by atoms with Crippen LogP contribution in [0, 0.1) is 5.92 Å². The summed E-state index contributed by atoms with van der Waals surface area (Å²) in [6.45, 7) is 9.33. The third-order valence-electron chi connectivity index (χ3n) is 6.46. The van der Waals surface area contributed by atoms with Gasteiger partial charge in [0.05, 0.1) is 4.90 Å². The second kappa shape index (κ2) is 11.7. The van der Waals surface area contributed by atoms with Crippen molar-refractivity contribution < 1.29 is 22.7 Å². The van der Waals surface area contributed by atoms with Gasteiger partial charge in [-0.15, -0.1) is 0 Å². The molecule has 2 heterocycles. The van der Waals surface area contributed by atoms with E-state index in [4.69, 9.17) is 4.74 Å². The first-order valence-corrected chi connectivity index (χ1v) is 14.9. The van der Waals surface area contributed by atoms with Crippen molar-refractivity contribution >= 4 is 38.7 Å². The Labute approximate surface area is 241 Å². The molecule has 41 heavy (non-hydrogen) atoms. The normalized spacial score (nSPS) is 12.8. The Hall–Kier alpha value is -4.18. The van der Waals surface area contributed by atoms with E-state index in [-0.39, 0.29) is 16.7 Å². The van der Waals surface area contributed by atoms with Gasteiger partial charge in [0, 0.05) is 30.5 Å². The molecule has 10 heteroatoms. The Balaban J connectivity index is 1.57. The number of nitrogens with zero attached hydrogens (tertiary/aromatic N) is 3. The maximum Gasteiger partial charge on any atom is 0.410 e. The van der Waals surface area contributed by atoms with E-state index < -0.39 is 27.8 Å². The standard InChI is InChI=1S/C31H36N4O5S/c1-21(2)20-27(34(6)30(37)40-31(3,4)5)29(36)33-23-14-12-22(13-15-23)25-16-18-32-28-26(25)17-19-35(28)41(38,39)24-10-8-7-9-11-24/h7-19,21,27H,20H2,1-6H3,(H,33,36)/t27-/m1/s1. The molecule has 0 aliphatic rings. The van der Waals surface area contributed by atoms with E-state index in [2.05, 4.69) is 10.3 Å². The molecule has 2 amide bonds. The van der Waals surface area contributed by atoms with Gasteiger partial charge in [-0.3, -0.25) is 9.69 Å². The first-order chi connectivity index (χ1) is 19.3. The van der Waals surface area contributed by atoms with Crippen LogP contribution in [0.1, 0.15) is 41.0 Å². The lowest BCUT2D eigenvalue weighted by atomic mass is 10.0. The van der Waals surface area contributed by atoms with Crippen LogP contribution >= 0.6 is 0 Å². The Kier molecular flexibility index (Phi) is 8.53. The molecule has 0 fully saturated rings. The minimum atomic E-state index is -3.81. The Morgan fingerprint density at radius 2 is 1.66 bits per heavy atom. The molecule has 0 aliphatic heterocycles. The summed E-state index contributed by atoms with van der Waals surface area (Å²) < 4.78 is 33.1. The van der Waals surface area contributed by atoms with E-state index >= 15 is 0 Å². The van der Waals surface area contributed by atoms with E-state index in [0.29, 0.717) is 23.1 Å². The van der Waals surface area contributed by atoms with Gasteiger partial charge in [-0.1, -0.05) is 44.2 Å². The van der Waals surface area contributed by atoms with E-state index in [1.165, 1.54) is 15.1 Å². The molecule has 0 saturated heterocycles. The van der Waals surface area contributed by atoms with E-state index in [0.717, 1.165) is 11.1 Å². The van der Waals surface area contributed by atoms with Crippen LogP contribution in [0.2, 0.25) is 0 Å². The number of hydrogen-bond acceptors (Lipinski definition) is 6. The highest BCUT2D eigenvalue weighted by molar-refractivity contribution is 7.90. The van der Waals surface area contributed by atoms with Gasteiger partial charge in [0.2, 0.25) is 5.91 Å². The molecular weight excluding hydrogens is 540 g/mol. The number of hydrogen-bond donors (Lipinski definition) is 1. The molecule has 0 aliphatic carbocycles. The molecule has 2 aromatic carbocycles. The molecule has 0 bridgehead atoms. The molecule has 1 N–H and O–H groups in total. The van der Waals surface area contributed by atoms with Crippen molar-refractivity contribution in [3.63, 3.8) is 0 Å². The lowest BCUT2D eigenvalue weighted by molar-refractivity contribution is -0.121. The van der Waals surface area contributed by atoms with Gasteiger partial charge < -0.3 is 10.1 Å². The van der Waals surface area contributed by atoms with Crippen LogP contribution in [0.15, 0.2) is 84.0 Å². The summed E-state index contributed by atoms with van der Waals surface area (Å²) >= 11 is 0. The van der Waals surface area contributed by atoms with Gasteiger partial charge in [-0.25, -0.2) is 22.2 Å². The number of likely N-dealkylation sites (N-methyl/N-ethyl adjacent to an activating group) is 1. The summed E-state index contributed by atoms with van der Waals surface area (Å²) in [4.78, 5) is 31.8. The number of aromatic nitrogens is 2. The van der Waals surface area contributed by atoms with Gasteiger partial charge in [0.25, 0.3) is 10.0 Å². The van der Waals surface area contributed by atoms with Crippen molar-refractivity contribution in [2.75, 3.05) is 12.4 Å². The van der Waals surface area contributed by atoms with Crippen LogP contribution < -0.4 is 5.32 Å². The van der Waals surface area contributed by atoms with Crippen LogP contribution in [0.5, 0.6) is 0 Å². The number of carbonyl (C=O) groups is 2. The van der Waals surface area contributed by atoms with Crippen molar-refractivity contribution in [2.24, 2.45) is 5.92 Å². The molecule has 216 valence electrons. The fourth-order valence-electron chi connectivity index (χ4n) is 4.47. The predicted octanol–water partition coefficient (Wildman–Crippen LogP) is 6.16. The van der Waals surface area contributed by atoms with E-state index in [1.54, 1.807) is 82.5 Å². The predicted molar refractivity (Wildman–Crippen MR) is 160 cm³/mol. The van der Waals surface area contributed by atoms with E-state index in [9.17, 15) is 18.0 Å². The highest BCUT2D eigenvalue weighted by Gasteiger charge is 2.31. The van der Waals surface area contributed by atoms with E-state index in [1.807, 2.05) is 32.0 Å². The topological polar surface area (TPSA) is 111 Å². The quantitative estimate of drug-likeness (QED) is 0.269. The number of nitrogens with one attached hydrogen (secondary N) is 1. The number of pyridine rings is 1. The van der Waals surface area contributed by atoms with Crippen LogP contribution in [-0.2, 0) is 19.6 Å². The smallest absolute Gasteiger partial charge is 0.410 e. The zero-order valence-corrected chi connectivity index (χ0v) is 25.0. The summed E-state index contributed by atoms with van der Waals surface area (Å²) in [5.74, 6) is -0.139. The van der Waals surface area contributed by atoms with Gasteiger partial charge in [0.1, 0.15) is 11.6 Å². The molecule has 0 radical (unpaired) electrons. The van der Waals surface area contributed by atoms with Gasteiger partial charge in [0.15, 0.2) is 5.65 Å². The van der Waals surface area contributed by atoms with Gasteiger partial charge >= 0.3 is 6.09 Å². The van der Waals surface area contributed by atoms with Gasteiger partial charge in [-0.2, -0.15) is 0 Å². The first kappa shape index (κ1) is 29.8. The van der Waals surface area contributed by atoms with Crippen molar-refractivity contribution in [1.82, 2.24) is 13.9 Å². The van der Waals surface area contributed by atoms with Crippen molar-refractivity contribution in [2.45, 2.75) is 57.6 Å². The zero-order chi connectivity index (χ0) is 29.9. The van der Waals surface area contributed by atoms with Crippen LogP contribution in [-0.4, -0.2) is 53.0 Å². The summed E-state index contributed by atoms with van der Waals surface area (Å²) in [5, 5.41) is 3.60. The SMILES string of the molecule is CC(C)C[C@H](C(=O)Nc1ccc(-c2ccnc3c2ccn3S(=O)(=O)c2ccccc2)cc1)N(C)C(=O)OC(C)(C)C. The molecule has 9 nitrogen and oxygen atoms in total. The average molecular weight is 577 g/mol. The van der Waals surface area contributed by atoms with Crippen LogP contribution in [0.4, 0.5) is 10.5 Å². The lowest BCUT2D eigenvalue weighted by Crippen LogP contribution is -2.47. The maximum absolute atomic E-state index is 13.3. The summed E-state index contributed by atoms with van der Waals surface area (Å²) in [5.41, 5.74) is 1.85. The number of rotatable bonds is 8. The number of benzene rings is 2. The fourth-order valence-corrected chi connectivity index (χ4v) is 5.80. The number of carbonyl (C=O) groups excluding carboxylic acids is 2. The maximum atomic E-state index is 13.3. The minimum Gasteiger partial charge on any atom is -0.444 e. The monoisotopic (exact) mass is 576 g/mol. The van der Waals surface area contributed by atoms with Crippen molar-refractivity contribution in [3.05, 3.63) is 79.1 Å². The number of fused-ring (bicyclic) bond motifs is 1. The molecular formula is C31H36N4O5S. The Bertz CT molecular complexity index is 1640. The molecule has 0 unspecified atom stereocenters. The number of ether oxygens (including phenoxy) is 1. The summed E-state index contributed by atoms with van der Waals surface area (Å²) in [6.07, 6.45) is 3.00. The molecule has 1 atom stereocenters. The average Bonchev–Trinajstić information content (AvgIpc) is 3.36. The minimum absolute atomic E-state index is 0.171. The lowest BCUT2D eigenvalue weighted by Gasteiger charge is -2.31. The van der Waals surface area contributed by atoms with Crippen molar-refractivity contribution in [1.29, 1.82) is 0 Å². The molecule has 0 saturated carbocycles. The Morgan fingerprint density at radius 3 is 2.27 bits per heavy atom. The van der Waals surface area contributed by atoms with Gasteiger partial charge in [-0.05, 0) is 80.6 Å². The Morgan fingerprint density at radius 1 is 1.00 bits per heavy atom. The number of anilines is 1. The second-order valence-corrected chi connectivity index (χ2v) is 13.1. The molecule has 0 spiro atoms. The fraction of sp³-hybridized carbons (Fsp3) is 0.323. The zero-order valence-electron chi connectivity index (χ0n) is 24.2. The van der Waals surface area contributed by atoms with Crippen LogP contribution in [0.25, 0.3) is 22.2 Å². The summed E-state index contributed by atoms with van der Waals surface area (Å²) in [6, 6.07) is 18.3. The molecule has 4 aromatic rings. The van der Waals surface area contributed by atoms with Crippen LogP contribution in [0.3, 0.4) is 0 Å².